The van der Waals surface area contributed by atoms with Crippen molar-refractivity contribution in [3.8, 4) is 0 Å². The van der Waals surface area contributed by atoms with Crippen molar-refractivity contribution in [2.45, 2.75) is 40.3 Å². The predicted molar refractivity (Wildman–Crippen MR) is 59.3 cm³/mol. The Kier molecular flexibility index (Phi) is 3.36. The van der Waals surface area contributed by atoms with Crippen LogP contribution in [0.4, 0.5) is 13.2 Å². The Labute approximate surface area is 94.5 Å². The van der Waals surface area contributed by atoms with Gasteiger partial charge in [0.15, 0.2) is 0 Å². The van der Waals surface area contributed by atoms with Gasteiger partial charge < -0.3 is 0 Å². The van der Waals surface area contributed by atoms with E-state index in [1.807, 2.05) is 20.8 Å². The maximum Gasteiger partial charge on any atom is 0.416 e. The highest BCUT2D eigenvalue weighted by molar-refractivity contribution is 5.34. The molecule has 0 unspecified atom stereocenters. The Bertz CT molecular complexity index is 370. The Morgan fingerprint density at radius 2 is 1.62 bits per heavy atom. The van der Waals surface area contributed by atoms with Crippen molar-refractivity contribution in [1.82, 2.24) is 0 Å². The molecule has 0 saturated carbocycles. The fraction of sp³-hybridized carbons (Fsp3) is 0.538. The molecule has 0 aliphatic carbocycles. The number of rotatable bonds is 1. The minimum Gasteiger partial charge on any atom is -0.166 e. The largest absolute Gasteiger partial charge is 0.416 e. The van der Waals surface area contributed by atoms with E-state index in [2.05, 4.69) is 0 Å². The van der Waals surface area contributed by atoms with Crippen molar-refractivity contribution in [2.75, 3.05) is 0 Å². The molecule has 0 bridgehead atoms. The molecular weight excluding hydrogens is 213 g/mol. The van der Waals surface area contributed by atoms with Crippen molar-refractivity contribution < 1.29 is 13.2 Å². The third-order valence-electron chi connectivity index (χ3n) is 2.29. The number of aryl methyl sites for hydroxylation is 1. The summed E-state index contributed by atoms with van der Waals surface area (Å²) in [5.74, 6) is 0. The first-order valence-electron chi connectivity index (χ1n) is 5.26. The normalized spacial score (nSPS) is 12.9. The molecule has 0 aliphatic heterocycles. The molecule has 1 rings (SSSR count). The fourth-order valence-corrected chi connectivity index (χ4v) is 1.68. The molecule has 0 atom stereocenters. The van der Waals surface area contributed by atoms with Gasteiger partial charge in [-0.2, -0.15) is 13.2 Å². The summed E-state index contributed by atoms with van der Waals surface area (Å²) in [7, 11) is 0. The van der Waals surface area contributed by atoms with E-state index in [0.29, 0.717) is 17.5 Å². The van der Waals surface area contributed by atoms with Gasteiger partial charge in [0.05, 0.1) is 5.56 Å². The summed E-state index contributed by atoms with van der Waals surface area (Å²) < 4.78 is 38.4. The molecule has 0 N–H and O–H groups in total. The Morgan fingerprint density at radius 1 is 1.06 bits per heavy atom. The summed E-state index contributed by atoms with van der Waals surface area (Å²) in [6.45, 7) is 7.49. The summed E-state index contributed by atoms with van der Waals surface area (Å²) >= 11 is 0. The summed E-state index contributed by atoms with van der Waals surface area (Å²) in [4.78, 5) is 0. The SMILES string of the molecule is Cc1ccc(CC(C)(C)C)c(C(F)(F)F)c1. The molecule has 0 aliphatic rings. The Balaban J connectivity index is 3.19. The second kappa shape index (κ2) is 4.11. The van der Waals surface area contributed by atoms with E-state index < -0.39 is 11.7 Å². The number of benzene rings is 1. The van der Waals surface area contributed by atoms with Crippen molar-refractivity contribution in [3.63, 3.8) is 0 Å². The molecule has 1 aromatic carbocycles. The number of halogens is 3. The number of hydrogen-bond acceptors (Lipinski definition) is 0. The van der Waals surface area contributed by atoms with Crippen molar-refractivity contribution in [2.24, 2.45) is 5.41 Å². The first-order chi connectivity index (χ1) is 7.09. The Morgan fingerprint density at radius 3 is 2.06 bits per heavy atom. The van der Waals surface area contributed by atoms with Crippen LogP contribution < -0.4 is 0 Å². The molecule has 0 saturated heterocycles. The topological polar surface area (TPSA) is 0 Å². The molecule has 16 heavy (non-hydrogen) atoms. The highest BCUT2D eigenvalue weighted by atomic mass is 19.4. The second-order valence-corrected chi connectivity index (χ2v) is 5.40. The van der Waals surface area contributed by atoms with Gasteiger partial charge in [0, 0.05) is 0 Å². The standard InChI is InChI=1S/C13H17F3/c1-9-5-6-10(8-12(2,3)4)11(7-9)13(14,15)16/h5-7H,8H2,1-4H3. The zero-order chi connectivity index (χ0) is 12.6. The zero-order valence-corrected chi connectivity index (χ0v) is 10.1. The summed E-state index contributed by atoms with van der Waals surface area (Å²) in [6, 6.07) is 4.54. The zero-order valence-electron chi connectivity index (χ0n) is 10.1. The van der Waals surface area contributed by atoms with Crippen LogP contribution in [0.2, 0.25) is 0 Å². The first kappa shape index (κ1) is 13.1. The molecular formula is C13H17F3. The Hall–Kier alpha value is -0.990. The molecule has 0 amide bonds. The predicted octanol–water partition coefficient (Wildman–Crippen LogP) is 4.60. The van der Waals surface area contributed by atoms with Gasteiger partial charge in [-0.1, -0.05) is 38.5 Å². The molecule has 0 aromatic heterocycles. The molecule has 90 valence electrons. The van der Waals surface area contributed by atoms with Gasteiger partial charge in [-0.05, 0) is 30.4 Å². The van der Waals surface area contributed by atoms with Gasteiger partial charge in [-0.3, -0.25) is 0 Å². The summed E-state index contributed by atoms with van der Waals surface area (Å²) in [5, 5.41) is 0. The highest BCUT2D eigenvalue weighted by Gasteiger charge is 2.34. The first-order valence-corrected chi connectivity index (χ1v) is 5.26. The minimum absolute atomic E-state index is 0.144. The van der Waals surface area contributed by atoms with Gasteiger partial charge in [0.1, 0.15) is 0 Å². The van der Waals surface area contributed by atoms with Crippen LogP contribution in [-0.4, -0.2) is 0 Å². The third kappa shape index (κ3) is 3.54. The lowest BCUT2D eigenvalue weighted by atomic mass is 9.85. The van der Waals surface area contributed by atoms with Crippen LogP contribution in [0.15, 0.2) is 18.2 Å². The van der Waals surface area contributed by atoms with Crippen molar-refractivity contribution in [3.05, 3.63) is 34.9 Å². The fourth-order valence-electron chi connectivity index (χ4n) is 1.68. The van der Waals surface area contributed by atoms with Crippen LogP contribution in [0.5, 0.6) is 0 Å². The van der Waals surface area contributed by atoms with E-state index in [9.17, 15) is 13.2 Å². The van der Waals surface area contributed by atoms with E-state index >= 15 is 0 Å². The molecule has 0 spiro atoms. The smallest absolute Gasteiger partial charge is 0.166 e. The van der Waals surface area contributed by atoms with Crippen LogP contribution in [-0.2, 0) is 12.6 Å². The third-order valence-corrected chi connectivity index (χ3v) is 2.29. The minimum atomic E-state index is -4.26. The van der Waals surface area contributed by atoms with E-state index in [-0.39, 0.29) is 5.41 Å². The van der Waals surface area contributed by atoms with Gasteiger partial charge >= 0.3 is 6.18 Å². The monoisotopic (exact) mass is 230 g/mol. The summed E-state index contributed by atoms with van der Waals surface area (Å²) in [5.41, 5.74) is 0.382. The molecule has 1 aromatic rings. The lowest BCUT2D eigenvalue weighted by molar-refractivity contribution is -0.138. The lowest BCUT2D eigenvalue weighted by Crippen LogP contribution is -2.15. The van der Waals surface area contributed by atoms with Gasteiger partial charge in [0.2, 0.25) is 0 Å². The number of alkyl halides is 3. The molecule has 0 fully saturated rings. The average molecular weight is 230 g/mol. The maximum atomic E-state index is 12.8. The van der Waals surface area contributed by atoms with E-state index in [1.165, 1.54) is 6.07 Å². The van der Waals surface area contributed by atoms with E-state index in [1.54, 1.807) is 19.1 Å². The van der Waals surface area contributed by atoms with Gasteiger partial charge in [-0.25, -0.2) is 0 Å². The van der Waals surface area contributed by atoms with Crippen molar-refractivity contribution >= 4 is 0 Å². The lowest BCUT2D eigenvalue weighted by Gasteiger charge is -2.21. The molecule has 3 heteroatoms. The molecule has 0 nitrogen and oxygen atoms in total. The maximum absolute atomic E-state index is 12.8. The van der Waals surface area contributed by atoms with Gasteiger partial charge in [0.25, 0.3) is 0 Å². The van der Waals surface area contributed by atoms with Crippen molar-refractivity contribution in [1.29, 1.82) is 0 Å². The molecule has 0 heterocycles. The van der Waals surface area contributed by atoms with E-state index in [4.69, 9.17) is 0 Å². The van der Waals surface area contributed by atoms with Crippen LogP contribution in [0.25, 0.3) is 0 Å². The number of hydrogen-bond donors (Lipinski definition) is 0. The van der Waals surface area contributed by atoms with Crippen LogP contribution >= 0.6 is 0 Å². The quantitative estimate of drug-likeness (QED) is 0.661. The average Bonchev–Trinajstić information content (AvgIpc) is 2.04. The van der Waals surface area contributed by atoms with Crippen LogP contribution in [0.3, 0.4) is 0 Å². The molecule has 0 radical (unpaired) electrons. The second-order valence-electron chi connectivity index (χ2n) is 5.40. The highest BCUT2D eigenvalue weighted by Crippen LogP contribution is 2.35. The van der Waals surface area contributed by atoms with Gasteiger partial charge in [-0.15, -0.1) is 0 Å². The van der Waals surface area contributed by atoms with Crippen LogP contribution in [0.1, 0.15) is 37.5 Å². The summed E-state index contributed by atoms with van der Waals surface area (Å²) in [6.07, 6.45) is -3.82. The van der Waals surface area contributed by atoms with E-state index in [0.717, 1.165) is 0 Å². The van der Waals surface area contributed by atoms with Crippen LogP contribution in [0, 0.1) is 12.3 Å².